The van der Waals surface area contributed by atoms with Gasteiger partial charge in [0.2, 0.25) is 0 Å². The van der Waals surface area contributed by atoms with E-state index in [0.29, 0.717) is 11.1 Å². The second-order valence-electron chi connectivity index (χ2n) is 3.71. The van der Waals surface area contributed by atoms with Crippen LogP contribution in [0, 0.1) is 0 Å². The molecule has 0 aromatic heterocycles. The molecule has 0 heterocycles. The zero-order valence-corrected chi connectivity index (χ0v) is 10.1. The molecule has 0 radical (unpaired) electrons. The third-order valence-corrected chi connectivity index (χ3v) is 2.11. The van der Waals surface area contributed by atoms with E-state index in [2.05, 4.69) is 4.74 Å². The van der Waals surface area contributed by atoms with Gasteiger partial charge in [-0.2, -0.15) is 0 Å². The molecule has 4 heteroatoms. The molecule has 17 heavy (non-hydrogen) atoms. The van der Waals surface area contributed by atoms with Crippen LogP contribution in [-0.4, -0.2) is 37.9 Å². The lowest BCUT2D eigenvalue weighted by molar-refractivity contribution is 0.0600. The van der Waals surface area contributed by atoms with Crippen molar-refractivity contribution in [1.29, 1.82) is 0 Å². The minimum Gasteiger partial charge on any atom is -0.465 e. The second kappa shape index (κ2) is 5.84. The highest BCUT2D eigenvalue weighted by molar-refractivity contribution is 6.05. The average molecular weight is 233 g/mol. The average Bonchev–Trinajstić information content (AvgIpc) is 2.35. The number of allylic oxidation sites excluding steroid dienone is 1. The van der Waals surface area contributed by atoms with Gasteiger partial charge in [0.1, 0.15) is 0 Å². The van der Waals surface area contributed by atoms with Gasteiger partial charge in [0.05, 0.1) is 12.7 Å². The Morgan fingerprint density at radius 2 is 1.65 bits per heavy atom. The summed E-state index contributed by atoms with van der Waals surface area (Å²) < 4.78 is 4.57. The number of hydrogen-bond acceptors (Lipinski definition) is 4. The quantitative estimate of drug-likeness (QED) is 0.451. The highest BCUT2D eigenvalue weighted by Crippen LogP contribution is 2.07. The monoisotopic (exact) mass is 233 g/mol. The van der Waals surface area contributed by atoms with E-state index < -0.39 is 5.97 Å². The van der Waals surface area contributed by atoms with Gasteiger partial charge in [0.15, 0.2) is 5.78 Å². The van der Waals surface area contributed by atoms with Crippen molar-refractivity contribution in [3.63, 3.8) is 0 Å². The summed E-state index contributed by atoms with van der Waals surface area (Å²) in [6, 6.07) is 6.36. The molecule has 0 atom stereocenters. The molecule has 90 valence electrons. The fraction of sp³-hybridized carbons (Fsp3) is 0.231. The Morgan fingerprint density at radius 3 is 2.12 bits per heavy atom. The number of esters is 1. The van der Waals surface area contributed by atoms with E-state index in [4.69, 9.17) is 0 Å². The maximum Gasteiger partial charge on any atom is 0.337 e. The smallest absolute Gasteiger partial charge is 0.337 e. The van der Waals surface area contributed by atoms with Gasteiger partial charge in [-0.1, -0.05) is 12.1 Å². The van der Waals surface area contributed by atoms with E-state index in [1.54, 1.807) is 35.4 Å². The van der Waals surface area contributed by atoms with Crippen molar-refractivity contribution < 1.29 is 14.3 Å². The van der Waals surface area contributed by atoms with Crippen molar-refractivity contribution >= 4 is 11.8 Å². The van der Waals surface area contributed by atoms with Gasteiger partial charge in [-0.15, -0.1) is 0 Å². The summed E-state index contributed by atoms with van der Waals surface area (Å²) in [7, 11) is 5.00. The lowest BCUT2D eigenvalue weighted by atomic mass is 10.1. The molecule has 0 N–H and O–H groups in total. The molecule has 0 amide bonds. The molecule has 1 aromatic rings. The molecule has 0 aliphatic rings. The van der Waals surface area contributed by atoms with Gasteiger partial charge in [0.25, 0.3) is 0 Å². The van der Waals surface area contributed by atoms with Crippen molar-refractivity contribution in [3.05, 3.63) is 47.7 Å². The molecule has 0 saturated carbocycles. The highest BCUT2D eigenvalue weighted by Gasteiger charge is 2.06. The predicted octanol–water partition coefficient (Wildman–Crippen LogP) is 1.73. The molecule has 0 unspecified atom stereocenters. The van der Waals surface area contributed by atoms with Gasteiger partial charge < -0.3 is 9.64 Å². The fourth-order valence-corrected chi connectivity index (χ4v) is 1.20. The summed E-state index contributed by atoms with van der Waals surface area (Å²) in [6.07, 6.45) is 3.16. The van der Waals surface area contributed by atoms with Crippen LogP contribution in [0.15, 0.2) is 36.5 Å². The van der Waals surface area contributed by atoms with Crippen LogP contribution in [0.5, 0.6) is 0 Å². The Morgan fingerprint density at radius 1 is 1.12 bits per heavy atom. The van der Waals surface area contributed by atoms with Gasteiger partial charge in [-0.25, -0.2) is 4.79 Å². The summed E-state index contributed by atoms with van der Waals surface area (Å²) in [6.45, 7) is 0. The zero-order valence-electron chi connectivity index (χ0n) is 10.1. The molecule has 0 aliphatic heterocycles. The molecule has 0 fully saturated rings. The highest BCUT2D eigenvalue weighted by atomic mass is 16.5. The first-order valence-corrected chi connectivity index (χ1v) is 5.12. The second-order valence-corrected chi connectivity index (χ2v) is 3.71. The van der Waals surface area contributed by atoms with Crippen LogP contribution in [-0.2, 0) is 4.74 Å². The molecule has 1 rings (SSSR count). The van der Waals surface area contributed by atoms with Gasteiger partial charge in [-0.05, 0) is 12.1 Å². The van der Waals surface area contributed by atoms with E-state index in [1.807, 2.05) is 14.1 Å². The molecular formula is C13H15NO3. The molecule has 1 aromatic carbocycles. The normalized spacial score (nSPS) is 10.3. The van der Waals surface area contributed by atoms with E-state index in [-0.39, 0.29) is 5.78 Å². The maximum atomic E-state index is 11.7. The van der Waals surface area contributed by atoms with E-state index in [0.717, 1.165) is 0 Å². The fourth-order valence-electron chi connectivity index (χ4n) is 1.20. The van der Waals surface area contributed by atoms with Gasteiger partial charge in [-0.3, -0.25) is 4.79 Å². The zero-order chi connectivity index (χ0) is 12.8. The minimum absolute atomic E-state index is 0.102. The first-order valence-electron chi connectivity index (χ1n) is 5.12. The Bertz CT molecular complexity index is 432. The SMILES string of the molecule is COC(=O)c1ccc(C(=O)/C=C\N(C)C)cc1. The lowest BCUT2D eigenvalue weighted by Gasteiger charge is -2.03. The molecule has 4 nitrogen and oxygen atoms in total. The Labute approximate surface area is 100 Å². The number of ketones is 1. The third-order valence-electron chi connectivity index (χ3n) is 2.11. The topological polar surface area (TPSA) is 46.6 Å². The van der Waals surface area contributed by atoms with Gasteiger partial charge in [0, 0.05) is 31.9 Å². The van der Waals surface area contributed by atoms with Gasteiger partial charge >= 0.3 is 5.97 Å². The van der Waals surface area contributed by atoms with Crippen LogP contribution >= 0.6 is 0 Å². The van der Waals surface area contributed by atoms with Crippen molar-refractivity contribution in [2.45, 2.75) is 0 Å². The summed E-state index contributed by atoms with van der Waals surface area (Å²) >= 11 is 0. The van der Waals surface area contributed by atoms with Crippen LogP contribution in [0.4, 0.5) is 0 Å². The molecule has 0 bridgehead atoms. The van der Waals surface area contributed by atoms with Crippen LogP contribution in [0.1, 0.15) is 20.7 Å². The molecule has 0 saturated heterocycles. The van der Waals surface area contributed by atoms with E-state index in [1.165, 1.54) is 13.2 Å². The largest absolute Gasteiger partial charge is 0.465 e. The lowest BCUT2D eigenvalue weighted by Crippen LogP contribution is -2.04. The Balaban J connectivity index is 2.81. The maximum absolute atomic E-state index is 11.7. The third kappa shape index (κ3) is 3.75. The molecular weight excluding hydrogens is 218 g/mol. The standard InChI is InChI=1S/C13H15NO3/c1-14(2)9-8-12(15)10-4-6-11(7-5-10)13(16)17-3/h4-9H,1-3H3/b9-8-. The van der Waals surface area contributed by atoms with Crippen molar-refractivity contribution in [2.75, 3.05) is 21.2 Å². The first kappa shape index (κ1) is 13.0. The summed E-state index contributed by atoms with van der Waals surface area (Å²) in [5.41, 5.74) is 0.969. The Kier molecular flexibility index (Phi) is 4.46. The number of nitrogens with zero attached hydrogens (tertiary/aromatic N) is 1. The Hall–Kier alpha value is -2.10. The number of rotatable bonds is 4. The van der Waals surface area contributed by atoms with E-state index in [9.17, 15) is 9.59 Å². The van der Waals surface area contributed by atoms with Crippen LogP contribution < -0.4 is 0 Å². The van der Waals surface area contributed by atoms with Crippen molar-refractivity contribution in [3.8, 4) is 0 Å². The number of carbonyl (C=O) groups is 2. The minimum atomic E-state index is -0.409. The number of hydrogen-bond donors (Lipinski definition) is 0. The van der Waals surface area contributed by atoms with Crippen molar-refractivity contribution in [2.24, 2.45) is 0 Å². The van der Waals surface area contributed by atoms with Crippen molar-refractivity contribution in [1.82, 2.24) is 4.90 Å². The number of methoxy groups -OCH3 is 1. The summed E-state index contributed by atoms with van der Waals surface area (Å²) in [5, 5.41) is 0. The number of benzene rings is 1. The molecule has 0 aliphatic carbocycles. The summed E-state index contributed by atoms with van der Waals surface area (Å²) in [4.78, 5) is 24.6. The van der Waals surface area contributed by atoms with Crippen LogP contribution in [0.25, 0.3) is 0 Å². The number of ether oxygens (including phenoxy) is 1. The van der Waals surface area contributed by atoms with E-state index >= 15 is 0 Å². The first-order chi connectivity index (χ1) is 8.04. The van der Waals surface area contributed by atoms with Crippen LogP contribution in [0.2, 0.25) is 0 Å². The predicted molar refractivity (Wildman–Crippen MR) is 64.9 cm³/mol. The molecule has 0 spiro atoms. The summed E-state index contributed by atoms with van der Waals surface area (Å²) in [5.74, 6) is -0.511. The van der Waals surface area contributed by atoms with Crippen LogP contribution in [0.3, 0.4) is 0 Å². The number of carbonyl (C=O) groups excluding carboxylic acids is 2.